The molecule has 3 rings (SSSR count). The first-order chi connectivity index (χ1) is 13.5. The Labute approximate surface area is 172 Å². The summed E-state index contributed by atoms with van der Waals surface area (Å²) in [5.74, 6) is -2.03. The van der Waals surface area contributed by atoms with Gasteiger partial charge in [-0.05, 0) is 71.1 Å². The van der Waals surface area contributed by atoms with Gasteiger partial charge in [0.15, 0.2) is 0 Å². The van der Waals surface area contributed by atoms with Crippen molar-refractivity contribution in [3.63, 3.8) is 0 Å². The Balaban J connectivity index is 1.88. The van der Waals surface area contributed by atoms with Crippen molar-refractivity contribution in [3.8, 4) is 5.75 Å². The molecule has 0 N–H and O–H groups in total. The third kappa shape index (κ3) is 4.26. The molecule has 29 heavy (non-hydrogen) atoms. The van der Waals surface area contributed by atoms with E-state index in [4.69, 9.17) is 4.74 Å². The Morgan fingerprint density at radius 3 is 2.21 bits per heavy atom. The number of carboxylic acids is 1. The van der Waals surface area contributed by atoms with Crippen molar-refractivity contribution >= 4 is 18.0 Å². The van der Waals surface area contributed by atoms with Crippen LogP contribution in [0.1, 0.15) is 73.1 Å². The van der Waals surface area contributed by atoms with E-state index in [0.717, 1.165) is 24.0 Å². The maximum atomic E-state index is 12.3. The van der Waals surface area contributed by atoms with Crippen LogP contribution in [-0.2, 0) is 15.6 Å². The Morgan fingerprint density at radius 1 is 1.00 bits per heavy atom. The van der Waals surface area contributed by atoms with E-state index >= 15 is 0 Å². The van der Waals surface area contributed by atoms with Crippen LogP contribution in [0.2, 0.25) is 0 Å². The molecule has 0 atom stereocenters. The molecule has 0 aliphatic heterocycles. The minimum atomic E-state index is -1.38. The largest absolute Gasteiger partial charge is 0.545 e. The van der Waals surface area contributed by atoms with Gasteiger partial charge in [0, 0.05) is 11.6 Å². The van der Waals surface area contributed by atoms with Gasteiger partial charge in [-0.15, -0.1) is 0 Å². The zero-order valence-electron chi connectivity index (χ0n) is 17.7. The molecule has 0 spiro atoms. The number of aryl methyl sites for hydroxylation is 1. The fourth-order valence-electron chi connectivity index (χ4n) is 3.94. The predicted octanol–water partition coefficient (Wildman–Crippen LogP) is 4.33. The lowest BCUT2D eigenvalue weighted by atomic mass is 9.62. The maximum Gasteiger partial charge on any atom is 0.336 e. The molecular formula is C25H27O4-. The van der Waals surface area contributed by atoms with Gasteiger partial charge in [0.05, 0.1) is 5.97 Å². The van der Waals surface area contributed by atoms with Crippen molar-refractivity contribution < 1.29 is 19.4 Å². The highest BCUT2D eigenvalue weighted by atomic mass is 16.5. The monoisotopic (exact) mass is 391 g/mol. The minimum absolute atomic E-state index is 0.0211. The van der Waals surface area contributed by atoms with Crippen LogP contribution in [0.25, 0.3) is 6.08 Å². The first-order valence-electron chi connectivity index (χ1n) is 9.87. The highest BCUT2D eigenvalue weighted by Gasteiger charge is 2.37. The fraction of sp³-hybridized carbons (Fsp3) is 0.360. The average Bonchev–Trinajstić information content (AvgIpc) is 2.64. The van der Waals surface area contributed by atoms with E-state index < -0.39 is 11.9 Å². The van der Waals surface area contributed by atoms with Gasteiger partial charge in [-0.3, -0.25) is 0 Å². The number of benzene rings is 2. The zero-order chi connectivity index (χ0) is 21.4. The van der Waals surface area contributed by atoms with Crippen LogP contribution in [0.4, 0.5) is 0 Å². The Bertz CT molecular complexity index is 996. The van der Waals surface area contributed by atoms with Crippen LogP contribution in [0, 0.1) is 6.92 Å². The van der Waals surface area contributed by atoms with Crippen LogP contribution < -0.4 is 9.84 Å². The Hall–Kier alpha value is -2.88. The molecule has 1 aliphatic carbocycles. The number of carbonyl (C=O) groups is 2. The van der Waals surface area contributed by atoms with Crippen molar-refractivity contribution in [3.05, 3.63) is 70.3 Å². The number of para-hydroxylation sites is 1. The van der Waals surface area contributed by atoms with Gasteiger partial charge in [-0.2, -0.15) is 0 Å². The molecule has 0 unspecified atom stereocenters. The first-order valence-corrected chi connectivity index (χ1v) is 9.87. The molecule has 4 heteroatoms. The summed E-state index contributed by atoms with van der Waals surface area (Å²) in [6, 6.07) is 10.3. The SMILES string of the molecule is Cc1cc2c(cc1/C=C/C(=O)Oc1ccccc1C(=O)[O-])C(C)(C)CCC2(C)C. The molecule has 0 aromatic heterocycles. The molecule has 0 heterocycles. The van der Waals surface area contributed by atoms with Crippen molar-refractivity contribution in [2.24, 2.45) is 0 Å². The molecule has 2 aromatic rings. The summed E-state index contributed by atoms with van der Waals surface area (Å²) < 4.78 is 5.21. The van der Waals surface area contributed by atoms with Gasteiger partial charge in [-0.1, -0.05) is 52.0 Å². The summed E-state index contributed by atoms with van der Waals surface area (Å²) in [4.78, 5) is 23.4. The number of carbonyl (C=O) groups excluding carboxylic acids is 2. The molecule has 0 amide bonds. The molecule has 2 aromatic carbocycles. The number of aromatic carboxylic acids is 1. The summed E-state index contributed by atoms with van der Waals surface area (Å²) in [6.45, 7) is 11.1. The Morgan fingerprint density at radius 2 is 1.59 bits per heavy atom. The number of hydrogen-bond donors (Lipinski definition) is 0. The lowest BCUT2D eigenvalue weighted by Crippen LogP contribution is -2.34. The van der Waals surface area contributed by atoms with Gasteiger partial charge in [0.1, 0.15) is 5.75 Å². The second kappa shape index (κ2) is 7.51. The average molecular weight is 391 g/mol. The van der Waals surface area contributed by atoms with Crippen molar-refractivity contribution in [1.29, 1.82) is 0 Å². The summed E-state index contributed by atoms with van der Waals surface area (Å²) in [5, 5.41) is 11.2. The normalized spacial score (nSPS) is 17.0. The highest BCUT2D eigenvalue weighted by molar-refractivity contribution is 5.93. The fourth-order valence-corrected chi connectivity index (χ4v) is 3.94. The Kier molecular flexibility index (Phi) is 5.40. The molecule has 0 saturated carbocycles. The second-order valence-corrected chi connectivity index (χ2v) is 9.06. The molecule has 4 nitrogen and oxygen atoms in total. The van der Waals surface area contributed by atoms with Crippen LogP contribution in [-0.4, -0.2) is 11.9 Å². The lowest BCUT2D eigenvalue weighted by Gasteiger charge is -2.42. The van der Waals surface area contributed by atoms with E-state index in [2.05, 4.69) is 39.8 Å². The zero-order valence-corrected chi connectivity index (χ0v) is 17.7. The number of hydrogen-bond acceptors (Lipinski definition) is 4. The molecule has 0 radical (unpaired) electrons. The molecule has 152 valence electrons. The van der Waals surface area contributed by atoms with Gasteiger partial charge in [-0.25, -0.2) is 4.79 Å². The van der Waals surface area contributed by atoms with E-state index in [1.807, 2.05) is 6.92 Å². The molecule has 1 aliphatic rings. The summed E-state index contributed by atoms with van der Waals surface area (Å²) in [6.07, 6.45) is 5.33. The van der Waals surface area contributed by atoms with Crippen molar-refractivity contribution in [1.82, 2.24) is 0 Å². The van der Waals surface area contributed by atoms with E-state index in [0.29, 0.717) is 0 Å². The number of fused-ring (bicyclic) bond motifs is 1. The smallest absolute Gasteiger partial charge is 0.336 e. The van der Waals surface area contributed by atoms with Crippen molar-refractivity contribution in [2.75, 3.05) is 0 Å². The maximum absolute atomic E-state index is 12.3. The van der Waals surface area contributed by atoms with E-state index in [1.165, 1.54) is 29.3 Å². The second-order valence-electron chi connectivity index (χ2n) is 9.06. The number of esters is 1. The van der Waals surface area contributed by atoms with Gasteiger partial charge in [0.25, 0.3) is 0 Å². The third-order valence-electron chi connectivity index (χ3n) is 5.96. The third-order valence-corrected chi connectivity index (χ3v) is 5.96. The predicted molar refractivity (Wildman–Crippen MR) is 112 cm³/mol. The van der Waals surface area contributed by atoms with Gasteiger partial charge in [0.2, 0.25) is 0 Å². The van der Waals surface area contributed by atoms with Gasteiger partial charge < -0.3 is 14.6 Å². The number of ether oxygens (including phenoxy) is 1. The molecule has 0 bridgehead atoms. The van der Waals surface area contributed by atoms with Crippen LogP contribution in [0.15, 0.2) is 42.5 Å². The first kappa shape index (κ1) is 20.8. The van der Waals surface area contributed by atoms with Crippen molar-refractivity contribution in [2.45, 2.75) is 58.3 Å². The van der Waals surface area contributed by atoms with E-state index in [9.17, 15) is 14.7 Å². The highest BCUT2D eigenvalue weighted by Crippen LogP contribution is 2.46. The summed E-state index contributed by atoms with van der Waals surface area (Å²) in [5.41, 5.74) is 4.79. The number of carboxylic acid groups (broad SMARTS) is 1. The lowest BCUT2D eigenvalue weighted by molar-refractivity contribution is -0.255. The summed E-state index contributed by atoms with van der Waals surface area (Å²) in [7, 11) is 0. The topological polar surface area (TPSA) is 66.4 Å². The number of rotatable bonds is 4. The van der Waals surface area contributed by atoms with Crippen LogP contribution in [0.3, 0.4) is 0 Å². The van der Waals surface area contributed by atoms with Crippen LogP contribution >= 0.6 is 0 Å². The van der Waals surface area contributed by atoms with E-state index in [-0.39, 0.29) is 22.1 Å². The quantitative estimate of drug-likeness (QED) is 0.442. The molecular weight excluding hydrogens is 364 g/mol. The molecule has 0 saturated heterocycles. The van der Waals surface area contributed by atoms with Gasteiger partial charge >= 0.3 is 5.97 Å². The standard InChI is InChI=1S/C25H28O4/c1-16-14-19-20(25(4,5)13-12-24(19,2)3)15-17(16)10-11-22(26)29-21-9-7-6-8-18(21)23(27)28/h6-11,14-15H,12-13H2,1-5H3,(H,27,28)/p-1/b11-10+. The summed E-state index contributed by atoms with van der Waals surface area (Å²) >= 11 is 0. The van der Waals surface area contributed by atoms with Crippen LogP contribution in [0.5, 0.6) is 5.75 Å². The minimum Gasteiger partial charge on any atom is -0.545 e. The van der Waals surface area contributed by atoms with E-state index in [1.54, 1.807) is 18.2 Å². The molecule has 0 fully saturated rings.